The van der Waals surface area contributed by atoms with Crippen molar-refractivity contribution in [2.75, 3.05) is 58.2 Å². The van der Waals surface area contributed by atoms with Crippen LogP contribution >= 0.6 is 10.9 Å². The lowest BCUT2D eigenvalue weighted by Gasteiger charge is -2.36. The molecule has 0 N–H and O–H groups in total. The highest BCUT2D eigenvalue weighted by Crippen LogP contribution is 2.15. The molecule has 1 saturated heterocycles. The average Bonchev–Trinajstić information content (AvgIpc) is 2.14. The molecule has 0 aromatic rings. The van der Waals surface area contributed by atoms with Gasteiger partial charge in [-0.05, 0) is 25.5 Å². The lowest BCUT2D eigenvalue weighted by molar-refractivity contribution is -0.0414. The molecule has 3 nitrogen and oxygen atoms in total. The molecule has 0 saturated carbocycles. The minimum Gasteiger partial charge on any atom is -0.374 e. The van der Waals surface area contributed by atoms with Gasteiger partial charge in [0, 0.05) is 32.1 Å². The minimum atomic E-state index is 0.165. The van der Waals surface area contributed by atoms with Crippen LogP contribution in [-0.4, -0.2) is 74.1 Å². The van der Waals surface area contributed by atoms with Gasteiger partial charge in [0.25, 0.3) is 0 Å². The van der Waals surface area contributed by atoms with Gasteiger partial charge in [-0.15, -0.1) is 0 Å². The van der Waals surface area contributed by atoms with E-state index in [2.05, 4.69) is 43.2 Å². The van der Waals surface area contributed by atoms with Crippen molar-refractivity contribution in [2.45, 2.75) is 20.0 Å². The van der Waals surface area contributed by atoms with Crippen LogP contribution in [0.15, 0.2) is 0 Å². The molecule has 4 heteroatoms. The molecule has 0 aliphatic carbocycles. The summed E-state index contributed by atoms with van der Waals surface area (Å²) in [6.45, 7) is 9.97. The molecule has 1 rings (SSSR count). The Labute approximate surface area is 110 Å². The molecule has 17 heavy (non-hydrogen) atoms. The highest BCUT2D eigenvalue weighted by molar-refractivity contribution is 8.15. The average molecular weight is 262 g/mol. The van der Waals surface area contributed by atoms with Crippen LogP contribution in [0.3, 0.4) is 0 Å². The first-order valence-corrected chi connectivity index (χ1v) is 9.06. The van der Waals surface area contributed by atoms with Gasteiger partial charge in [-0.2, -0.15) is 0 Å². The maximum absolute atomic E-state index is 5.87. The molecule has 0 aromatic heterocycles. The van der Waals surface area contributed by atoms with Crippen molar-refractivity contribution in [3.63, 3.8) is 0 Å². The Kier molecular flexibility index (Phi) is 6.85. The van der Waals surface area contributed by atoms with Crippen molar-refractivity contribution in [1.29, 1.82) is 0 Å². The van der Waals surface area contributed by atoms with E-state index >= 15 is 0 Å². The van der Waals surface area contributed by atoms with Gasteiger partial charge in [0.15, 0.2) is 0 Å². The van der Waals surface area contributed by atoms with Crippen LogP contribution in [0.4, 0.5) is 0 Å². The third-order valence-corrected chi connectivity index (χ3v) is 3.93. The SMILES string of the molecule is CC(C)CN1CCO[C@H](CN(C)C[SH](C)C)C1. The van der Waals surface area contributed by atoms with Crippen molar-refractivity contribution in [3.05, 3.63) is 0 Å². The lowest BCUT2D eigenvalue weighted by Crippen LogP contribution is -2.47. The van der Waals surface area contributed by atoms with E-state index in [1.807, 2.05) is 0 Å². The smallest absolute Gasteiger partial charge is 0.0829 e. The van der Waals surface area contributed by atoms with Crippen LogP contribution < -0.4 is 0 Å². The van der Waals surface area contributed by atoms with E-state index in [9.17, 15) is 0 Å². The largest absolute Gasteiger partial charge is 0.374 e. The Hall–Kier alpha value is 0.230. The zero-order valence-corrected chi connectivity index (χ0v) is 13.0. The zero-order valence-electron chi connectivity index (χ0n) is 12.1. The maximum Gasteiger partial charge on any atom is 0.0829 e. The Balaban J connectivity index is 2.29. The molecular formula is C13H30N2OS. The predicted octanol–water partition coefficient (Wildman–Crippen LogP) is 1.49. The third-order valence-electron chi connectivity index (χ3n) is 2.89. The fraction of sp³-hybridized carbons (Fsp3) is 1.00. The fourth-order valence-corrected chi connectivity index (χ4v) is 3.54. The summed E-state index contributed by atoms with van der Waals surface area (Å²) in [5, 5.41) is 0. The summed E-state index contributed by atoms with van der Waals surface area (Å²) < 4.78 is 5.87. The van der Waals surface area contributed by atoms with E-state index < -0.39 is 0 Å². The highest BCUT2D eigenvalue weighted by atomic mass is 32.2. The summed E-state index contributed by atoms with van der Waals surface area (Å²) in [6.07, 6.45) is 5.07. The van der Waals surface area contributed by atoms with E-state index in [0.29, 0.717) is 6.10 Å². The van der Waals surface area contributed by atoms with Gasteiger partial charge < -0.3 is 4.74 Å². The number of thiol groups is 1. The second-order valence-corrected chi connectivity index (χ2v) is 8.35. The molecule has 0 aromatic carbocycles. The van der Waals surface area contributed by atoms with Crippen molar-refractivity contribution in [3.8, 4) is 0 Å². The van der Waals surface area contributed by atoms with Crippen LogP contribution in [0.2, 0.25) is 0 Å². The van der Waals surface area contributed by atoms with E-state index in [1.54, 1.807) is 0 Å². The van der Waals surface area contributed by atoms with Gasteiger partial charge in [-0.1, -0.05) is 13.8 Å². The second kappa shape index (κ2) is 7.62. The Morgan fingerprint density at radius 1 is 1.41 bits per heavy atom. The molecule has 1 aliphatic heterocycles. The standard InChI is InChI=1S/C13H30N2OS/c1-12(2)8-15-6-7-16-13(10-15)9-14(3)11-17(4)5/h12-13,17H,6-11H2,1-5H3/t13-/m1/s1. The van der Waals surface area contributed by atoms with Crippen molar-refractivity contribution in [2.24, 2.45) is 5.92 Å². The zero-order chi connectivity index (χ0) is 12.8. The number of hydrogen-bond acceptors (Lipinski definition) is 3. The van der Waals surface area contributed by atoms with Gasteiger partial charge in [-0.3, -0.25) is 9.80 Å². The van der Waals surface area contributed by atoms with E-state index in [-0.39, 0.29) is 10.9 Å². The lowest BCUT2D eigenvalue weighted by atomic mass is 10.2. The Morgan fingerprint density at radius 3 is 2.71 bits per heavy atom. The second-order valence-electron chi connectivity index (χ2n) is 5.91. The molecule has 0 radical (unpaired) electrons. The number of rotatable bonds is 6. The van der Waals surface area contributed by atoms with Gasteiger partial charge in [0.1, 0.15) is 0 Å². The fourth-order valence-electron chi connectivity index (χ4n) is 2.46. The third kappa shape index (κ3) is 6.65. The number of likely N-dealkylation sites (N-methyl/N-ethyl adjacent to an activating group) is 1. The van der Waals surface area contributed by atoms with Gasteiger partial charge >= 0.3 is 0 Å². The first kappa shape index (κ1) is 15.3. The van der Waals surface area contributed by atoms with Crippen LogP contribution in [0.5, 0.6) is 0 Å². The highest BCUT2D eigenvalue weighted by Gasteiger charge is 2.21. The molecular weight excluding hydrogens is 232 g/mol. The number of ether oxygens (including phenoxy) is 1. The predicted molar refractivity (Wildman–Crippen MR) is 79.3 cm³/mol. The first-order valence-electron chi connectivity index (χ1n) is 6.64. The van der Waals surface area contributed by atoms with Crippen molar-refractivity contribution < 1.29 is 4.74 Å². The van der Waals surface area contributed by atoms with E-state index in [4.69, 9.17) is 4.74 Å². The Bertz CT molecular complexity index is 210. The van der Waals surface area contributed by atoms with Crippen LogP contribution in [0.25, 0.3) is 0 Å². The summed E-state index contributed by atoms with van der Waals surface area (Å²) in [7, 11) is 2.38. The summed E-state index contributed by atoms with van der Waals surface area (Å²) >= 11 is 0. The minimum absolute atomic E-state index is 0.165. The summed E-state index contributed by atoms with van der Waals surface area (Å²) in [5.41, 5.74) is 0. The number of morpholine rings is 1. The summed E-state index contributed by atoms with van der Waals surface area (Å²) in [4.78, 5) is 4.97. The molecule has 0 spiro atoms. The summed E-state index contributed by atoms with van der Waals surface area (Å²) in [6, 6.07) is 0. The maximum atomic E-state index is 5.87. The van der Waals surface area contributed by atoms with Crippen molar-refractivity contribution in [1.82, 2.24) is 9.80 Å². The molecule has 0 unspecified atom stereocenters. The van der Waals surface area contributed by atoms with Crippen LogP contribution in [-0.2, 0) is 4.74 Å². The molecule has 1 atom stereocenters. The van der Waals surface area contributed by atoms with Crippen LogP contribution in [0.1, 0.15) is 13.8 Å². The van der Waals surface area contributed by atoms with E-state index in [0.717, 1.165) is 32.2 Å². The van der Waals surface area contributed by atoms with Crippen LogP contribution in [0, 0.1) is 5.92 Å². The first-order chi connectivity index (χ1) is 7.97. The quantitative estimate of drug-likeness (QED) is 0.731. The van der Waals surface area contributed by atoms with Gasteiger partial charge in [0.05, 0.1) is 12.7 Å². The number of nitrogens with zero attached hydrogens (tertiary/aromatic N) is 2. The molecule has 1 aliphatic rings. The van der Waals surface area contributed by atoms with Gasteiger partial charge in [-0.25, -0.2) is 10.9 Å². The molecule has 0 bridgehead atoms. The summed E-state index contributed by atoms with van der Waals surface area (Å²) in [5.74, 6) is 1.98. The molecule has 104 valence electrons. The topological polar surface area (TPSA) is 15.7 Å². The number of hydrogen-bond donors (Lipinski definition) is 1. The van der Waals surface area contributed by atoms with Gasteiger partial charge in [0.2, 0.25) is 0 Å². The Morgan fingerprint density at radius 2 is 2.12 bits per heavy atom. The van der Waals surface area contributed by atoms with Crippen molar-refractivity contribution >= 4 is 10.9 Å². The molecule has 1 heterocycles. The monoisotopic (exact) mass is 262 g/mol. The normalized spacial score (nSPS) is 23.5. The molecule has 0 amide bonds. The van der Waals surface area contributed by atoms with E-state index in [1.165, 1.54) is 12.4 Å². The molecule has 1 fully saturated rings.